The molecule has 2 N–H and O–H groups in total. The molecule has 7 heteroatoms. The zero-order chi connectivity index (χ0) is 29.7. The summed E-state index contributed by atoms with van der Waals surface area (Å²) in [6.45, 7) is 19.0. The van der Waals surface area contributed by atoms with Gasteiger partial charge in [0.05, 0.1) is 7.85 Å². The van der Waals surface area contributed by atoms with Crippen molar-refractivity contribution >= 4 is 19.5 Å². The minimum atomic E-state index is 0. The van der Waals surface area contributed by atoms with Crippen molar-refractivity contribution in [1.29, 1.82) is 0 Å². The predicted molar refractivity (Wildman–Crippen MR) is 171 cm³/mol. The second-order valence-corrected chi connectivity index (χ2v) is 13.6. The third-order valence-electron chi connectivity index (χ3n) is 11.0. The number of amides is 1. The Hall–Kier alpha value is 0.542. The number of hydrogen-bond donors (Lipinski definition) is 2. The van der Waals surface area contributed by atoms with Crippen molar-refractivity contribution in [3.05, 3.63) is 13.8 Å². The molecule has 10 unspecified atom stereocenters. The summed E-state index contributed by atoms with van der Waals surface area (Å²) in [5, 5.41) is 6.54. The molecule has 2 rings (SSSR count). The Balaban J connectivity index is 0.00000840. The summed E-state index contributed by atoms with van der Waals surface area (Å²) in [4.78, 5) is 24.6. The number of carbonyl (C=O) groups excluding carboxylic acids is 2. The monoisotopic (exact) mass is 922 g/mol. The molecule has 2 aliphatic carbocycles. The maximum absolute atomic E-state index is 12.8. The van der Waals surface area contributed by atoms with Crippen molar-refractivity contribution in [3.8, 4) is 0 Å². The largest absolute Gasteiger partial charge is 2.00 e. The number of hydrogen-bond acceptors (Lipinski definition) is 3. The third-order valence-corrected chi connectivity index (χ3v) is 11.0. The number of Topliss-reactive ketones (excluding diaryl/α,β-unsaturated/α-hetero) is 1. The van der Waals surface area contributed by atoms with Gasteiger partial charge in [-0.3, -0.25) is 4.79 Å². The molecule has 1 amide bonds. The van der Waals surface area contributed by atoms with E-state index < -0.39 is 0 Å². The van der Waals surface area contributed by atoms with Gasteiger partial charge < -0.3 is 29.3 Å². The molecule has 240 valence electrons. The van der Waals surface area contributed by atoms with Crippen LogP contribution >= 0.6 is 0 Å². The summed E-state index contributed by atoms with van der Waals surface area (Å²) in [7, 11) is 8.65. The smallest absolute Gasteiger partial charge is 0.356 e. The second kappa shape index (κ2) is 23.0. The van der Waals surface area contributed by atoms with Gasteiger partial charge in [0, 0.05) is 40.5 Å². The Morgan fingerprint density at radius 3 is 2.05 bits per heavy atom. The van der Waals surface area contributed by atoms with Crippen LogP contribution in [0.3, 0.4) is 0 Å². The first-order chi connectivity index (χ1) is 19.2. The molecule has 0 spiro atoms. The van der Waals surface area contributed by atoms with Crippen LogP contribution in [-0.2, 0) is 51.7 Å². The molecule has 0 bridgehead atoms. The number of nitrogens with one attached hydrogen (secondary N) is 2. The van der Waals surface area contributed by atoms with E-state index in [9.17, 15) is 9.59 Å². The van der Waals surface area contributed by atoms with E-state index in [2.05, 4.69) is 45.3 Å². The van der Waals surface area contributed by atoms with Crippen LogP contribution in [0, 0.1) is 67.1 Å². The molecule has 0 heterocycles. The van der Waals surface area contributed by atoms with Crippen molar-refractivity contribution < 1.29 is 51.7 Å². The summed E-state index contributed by atoms with van der Waals surface area (Å²) in [6, 6.07) is 0. The van der Waals surface area contributed by atoms with Crippen LogP contribution in [0.15, 0.2) is 0 Å². The molecule has 2 saturated carbocycles. The van der Waals surface area contributed by atoms with Crippen LogP contribution < -0.4 is 10.6 Å². The van der Waals surface area contributed by atoms with E-state index in [4.69, 9.17) is 7.85 Å². The van der Waals surface area contributed by atoms with Gasteiger partial charge in [0.25, 0.3) is 0 Å². The third kappa shape index (κ3) is 13.1. The Morgan fingerprint density at radius 2 is 1.45 bits per heavy atom. The number of carbonyl (C=O) groups is 2. The summed E-state index contributed by atoms with van der Waals surface area (Å²) in [5.74, 6) is 6.42. The fourth-order valence-electron chi connectivity index (χ4n) is 8.29. The summed E-state index contributed by atoms with van der Waals surface area (Å²) in [6.07, 6.45) is 14.5. The van der Waals surface area contributed by atoms with Gasteiger partial charge in [-0.1, -0.05) is 76.4 Å². The van der Waals surface area contributed by atoms with Gasteiger partial charge in [0.15, 0.2) is 0 Å². The maximum atomic E-state index is 12.8. The van der Waals surface area contributed by atoms with E-state index >= 15 is 0 Å². The Bertz CT molecular complexity index is 742. The average Bonchev–Trinajstić information content (AvgIpc) is 2.94. The average molecular weight is 922 g/mol. The van der Waals surface area contributed by atoms with Crippen LogP contribution in [0.5, 0.6) is 0 Å². The maximum Gasteiger partial charge on any atom is 2.00 e. The molecule has 0 aromatic carbocycles. The molecule has 0 aromatic rings. The number of rotatable bonds is 22. The molecule has 0 aromatic heterocycles. The molecule has 42 heavy (non-hydrogen) atoms. The molecular weight excluding hydrogens is 859 g/mol. The Morgan fingerprint density at radius 1 is 0.833 bits per heavy atom. The van der Waals surface area contributed by atoms with Gasteiger partial charge in [0.2, 0.25) is 5.91 Å². The zero-order valence-electron chi connectivity index (χ0n) is 27.7. The predicted octanol–water partition coefficient (Wildman–Crippen LogP) is 7.63. The first-order valence-electron chi connectivity index (χ1n) is 17.0. The van der Waals surface area contributed by atoms with E-state index in [1.54, 1.807) is 6.92 Å². The molecule has 0 saturated heterocycles. The molecule has 4 nitrogen and oxygen atoms in total. The molecular formula is C35H63BN2O2W2. The van der Waals surface area contributed by atoms with Crippen molar-refractivity contribution in [2.24, 2.45) is 53.3 Å². The summed E-state index contributed by atoms with van der Waals surface area (Å²) in [5.41, 5.74) is 0. The van der Waals surface area contributed by atoms with Crippen molar-refractivity contribution in [1.82, 2.24) is 10.6 Å². The molecule has 2 aliphatic rings. The van der Waals surface area contributed by atoms with Crippen LogP contribution in [0.1, 0.15) is 118 Å². The minimum Gasteiger partial charge on any atom is -0.356 e. The number of ketones is 1. The molecule has 2 fully saturated rings. The van der Waals surface area contributed by atoms with Gasteiger partial charge in [-0.15, -0.1) is 0 Å². The Kier molecular flexibility index (Phi) is 23.2. The standard InChI is InChI=1S/C35H63BN2O2.2W/c1-8-11-30-25(5)26(6)31(30)17-15-27(14-13-24(4)39)16-18-34(40)38-22-20-28(19-21-37-7)23-33-29(10-3)32(12-9-2)35(33)36;;/h25-33,35,37H,3,5,8-23H2,1-2,4,6-7H3,(H,38,40);;/q-2;;+2. The zero-order valence-corrected chi connectivity index (χ0v) is 33.6. The van der Waals surface area contributed by atoms with Gasteiger partial charge >= 0.3 is 21.1 Å². The summed E-state index contributed by atoms with van der Waals surface area (Å²) < 4.78 is 0. The second-order valence-electron chi connectivity index (χ2n) is 13.6. The van der Waals surface area contributed by atoms with Crippen LogP contribution in [-0.4, -0.2) is 39.7 Å². The first kappa shape index (κ1) is 42.5. The fourth-order valence-corrected chi connectivity index (χ4v) is 8.29. The van der Waals surface area contributed by atoms with E-state index in [1.165, 1.54) is 32.1 Å². The normalized spacial score (nSPS) is 29.7. The van der Waals surface area contributed by atoms with Gasteiger partial charge in [-0.05, 0) is 88.6 Å². The van der Waals surface area contributed by atoms with E-state index in [1.807, 2.05) is 7.05 Å². The topological polar surface area (TPSA) is 58.2 Å². The molecule has 2 radical (unpaired) electrons. The summed E-state index contributed by atoms with van der Waals surface area (Å²) >= 11 is 0. The van der Waals surface area contributed by atoms with Crippen LogP contribution in [0.25, 0.3) is 0 Å². The van der Waals surface area contributed by atoms with E-state index in [0.29, 0.717) is 60.1 Å². The van der Waals surface area contributed by atoms with Gasteiger partial charge in [0.1, 0.15) is 5.78 Å². The first-order valence-corrected chi connectivity index (χ1v) is 17.0. The van der Waals surface area contributed by atoms with Gasteiger partial charge in [-0.2, -0.15) is 12.3 Å². The molecule has 0 aliphatic heterocycles. The quantitative estimate of drug-likeness (QED) is 0.0869. The van der Waals surface area contributed by atoms with E-state index in [-0.39, 0.29) is 53.8 Å². The molecule has 10 atom stereocenters. The van der Waals surface area contributed by atoms with Crippen molar-refractivity contribution in [3.63, 3.8) is 0 Å². The van der Waals surface area contributed by atoms with Crippen LogP contribution in [0.4, 0.5) is 0 Å². The van der Waals surface area contributed by atoms with Crippen molar-refractivity contribution in [2.45, 2.75) is 123 Å². The van der Waals surface area contributed by atoms with Gasteiger partial charge in [-0.25, -0.2) is 0 Å². The van der Waals surface area contributed by atoms with Crippen molar-refractivity contribution in [2.75, 3.05) is 20.1 Å². The van der Waals surface area contributed by atoms with E-state index in [0.717, 1.165) is 69.9 Å². The van der Waals surface area contributed by atoms with Crippen LogP contribution in [0.2, 0.25) is 5.82 Å². The Labute approximate surface area is 290 Å². The minimum absolute atomic E-state index is 0. The SMILES string of the molecule is [B]C1C(CCC)C(C[CH2-])C1CC(CCNC)CCNC(=O)CCC(CCC(C)=O)CCC1C(C)C([CH2-])C1CCC.[W+2].[W]. The fraction of sp³-hybridized carbons (Fsp3) is 0.886.